The molecule has 23 heteroatoms. The highest BCUT2D eigenvalue weighted by molar-refractivity contribution is 6.55. The molecule has 0 fully saturated rings. The number of benzene rings is 4. The number of rotatable bonds is 4. The van der Waals surface area contributed by atoms with E-state index in [1.807, 2.05) is 0 Å². The molecule has 0 spiro atoms. The Morgan fingerprint density at radius 1 is 0.469 bits per heavy atom. The Labute approximate surface area is 351 Å². The standard InChI is InChI=1S/C41H19F12N11/c42-38(43,44)21-5-1-9-25(14-21)56-31-32(57-26-10-2-6-22(15-26)39(45,46)47)60-33(59-31)34-61-36-37(62-34)64(28-12-4-8-24(17-28)41(51,52)53)35-30(13-20(18-54)29(19-55)58-35)63(36)27-11-3-7-23(16-27)40(48,49)50/h1-17H,(H,56,59)(H,57,60). The molecule has 0 saturated heterocycles. The van der Waals surface area contributed by atoms with Crippen LogP contribution in [0.15, 0.2) is 135 Å². The van der Waals surface area contributed by atoms with E-state index in [-0.39, 0.29) is 45.7 Å². The predicted octanol–water partition coefficient (Wildman–Crippen LogP) is 11.2. The van der Waals surface area contributed by atoms with Gasteiger partial charge >= 0.3 is 24.7 Å². The molecule has 5 aromatic rings. The average Bonchev–Trinajstić information content (AvgIpc) is 3.85. The van der Waals surface area contributed by atoms with Gasteiger partial charge in [0.2, 0.25) is 11.6 Å². The van der Waals surface area contributed by atoms with Crippen LogP contribution < -0.4 is 20.4 Å². The number of pyridine rings is 1. The Kier molecular flexibility index (Phi) is 10.2. The van der Waals surface area contributed by atoms with E-state index in [1.165, 1.54) is 24.3 Å². The molecule has 0 radical (unpaired) electrons. The van der Waals surface area contributed by atoms with Crippen LogP contribution in [0.2, 0.25) is 0 Å². The third-order valence-corrected chi connectivity index (χ3v) is 9.34. The van der Waals surface area contributed by atoms with E-state index >= 15 is 0 Å². The van der Waals surface area contributed by atoms with Gasteiger partial charge in [-0.1, -0.05) is 24.3 Å². The lowest BCUT2D eigenvalue weighted by molar-refractivity contribution is -0.138. The van der Waals surface area contributed by atoms with Gasteiger partial charge in [0, 0.05) is 22.7 Å². The number of halogens is 12. The highest BCUT2D eigenvalue weighted by Crippen LogP contribution is 2.47. The second-order valence-electron chi connectivity index (χ2n) is 13.6. The van der Waals surface area contributed by atoms with Crippen LogP contribution in [0.3, 0.4) is 0 Å². The van der Waals surface area contributed by atoms with Crippen LogP contribution >= 0.6 is 0 Å². The number of nitrogens with one attached hydrogen (secondary N) is 2. The number of fused-ring (bicyclic) bond motifs is 2. The van der Waals surface area contributed by atoms with E-state index in [9.17, 15) is 63.2 Å². The molecule has 3 aliphatic heterocycles. The minimum absolute atomic E-state index is 0.217. The topological polar surface area (TPSA) is 140 Å². The molecule has 4 aromatic carbocycles. The van der Waals surface area contributed by atoms with E-state index < -0.39 is 81.8 Å². The Morgan fingerprint density at radius 3 is 1.31 bits per heavy atom. The van der Waals surface area contributed by atoms with Crippen LogP contribution in [0, 0.1) is 22.7 Å². The highest BCUT2D eigenvalue weighted by atomic mass is 19.4. The maximum Gasteiger partial charge on any atom is 0.416 e. The summed E-state index contributed by atoms with van der Waals surface area (Å²) in [6, 6.07) is 19.4. The maximum atomic E-state index is 14.1. The van der Waals surface area contributed by atoms with Crippen LogP contribution in [0.25, 0.3) is 0 Å². The minimum atomic E-state index is -4.91. The van der Waals surface area contributed by atoms with Gasteiger partial charge < -0.3 is 10.6 Å². The summed E-state index contributed by atoms with van der Waals surface area (Å²) in [4.78, 5) is 23.9. The van der Waals surface area contributed by atoms with Crippen molar-refractivity contribution in [1.29, 1.82) is 10.5 Å². The van der Waals surface area contributed by atoms with Crippen LogP contribution in [0.1, 0.15) is 33.5 Å². The van der Waals surface area contributed by atoms with Gasteiger partial charge in [-0.25, -0.2) is 25.0 Å². The number of hydrogen-bond acceptors (Lipinski definition) is 11. The smallest absolute Gasteiger partial charge is 0.337 e. The van der Waals surface area contributed by atoms with Crippen molar-refractivity contribution in [2.45, 2.75) is 24.7 Å². The molecule has 0 aliphatic carbocycles. The maximum absolute atomic E-state index is 14.1. The predicted molar refractivity (Wildman–Crippen MR) is 208 cm³/mol. The van der Waals surface area contributed by atoms with Crippen LogP contribution in [-0.4, -0.2) is 28.3 Å². The average molecular weight is 894 g/mol. The molecule has 322 valence electrons. The molecule has 0 unspecified atom stereocenters. The fraction of sp³-hybridized carbons (Fsp3) is 0.0976. The summed E-state index contributed by atoms with van der Waals surface area (Å²) in [5.74, 6) is -3.02. The monoisotopic (exact) mass is 893 g/mol. The second kappa shape index (κ2) is 15.3. The third kappa shape index (κ3) is 8.13. The van der Waals surface area contributed by atoms with Crippen molar-refractivity contribution >= 4 is 57.6 Å². The van der Waals surface area contributed by atoms with E-state index in [1.54, 1.807) is 12.1 Å². The van der Waals surface area contributed by atoms with Crippen molar-refractivity contribution in [2.24, 2.45) is 20.0 Å². The number of hydrogen-bond donors (Lipinski definition) is 2. The zero-order valence-electron chi connectivity index (χ0n) is 31.4. The Bertz CT molecular complexity index is 2800. The summed E-state index contributed by atoms with van der Waals surface area (Å²) >= 11 is 0. The van der Waals surface area contributed by atoms with Crippen molar-refractivity contribution in [3.05, 3.63) is 148 Å². The van der Waals surface area contributed by atoms with Gasteiger partial charge in [0.05, 0.1) is 33.5 Å². The molecule has 8 rings (SSSR count). The number of nitrogens with zero attached hydrogens (tertiary/aromatic N) is 9. The molecule has 1 aromatic heterocycles. The number of amidine groups is 4. The van der Waals surface area contributed by atoms with Crippen LogP contribution in [0.5, 0.6) is 0 Å². The number of anilines is 6. The van der Waals surface area contributed by atoms with Gasteiger partial charge in [-0.15, -0.1) is 0 Å². The molecule has 0 amide bonds. The molecule has 2 N–H and O–H groups in total. The van der Waals surface area contributed by atoms with Gasteiger partial charge in [0.15, 0.2) is 34.9 Å². The first kappa shape index (κ1) is 42.5. The molecular formula is C41H19F12N11. The zero-order chi connectivity index (χ0) is 45.9. The first-order valence-corrected chi connectivity index (χ1v) is 17.9. The minimum Gasteiger partial charge on any atom is -0.337 e. The van der Waals surface area contributed by atoms with Crippen molar-refractivity contribution in [1.82, 2.24) is 4.98 Å². The van der Waals surface area contributed by atoms with Crippen molar-refractivity contribution in [3.8, 4) is 12.1 Å². The summed E-state index contributed by atoms with van der Waals surface area (Å²) in [5, 5.41) is 25.1. The second-order valence-corrected chi connectivity index (χ2v) is 13.6. The molecular weight excluding hydrogens is 875 g/mol. The molecule has 64 heavy (non-hydrogen) atoms. The van der Waals surface area contributed by atoms with Gasteiger partial charge in [0.25, 0.3) is 0 Å². The molecule has 0 bridgehead atoms. The molecule has 3 aliphatic rings. The number of aliphatic imine (C=N–C) groups is 4. The van der Waals surface area contributed by atoms with Gasteiger partial charge in [-0.2, -0.15) is 63.2 Å². The summed E-state index contributed by atoms with van der Waals surface area (Å²) in [7, 11) is 0. The van der Waals surface area contributed by atoms with Gasteiger partial charge in [0.1, 0.15) is 12.1 Å². The Hall–Kier alpha value is -8.21. The Morgan fingerprint density at radius 2 is 0.875 bits per heavy atom. The highest BCUT2D eigenvalue weighted by Gasteiger charge is 2.43. The summed E-state index contributed by atoms with van der Waals surface area (Å²) < 4.78 is 167. The normalized spacial score (nSPS) is 15.1. The Balaban J connectivity index is 1.37. The van der Waals surface area contributed by atoms with Crippen LogP contribution in [0.4, 0.5) is 86.9 Å². The fourth-order valence-corrected chi connectivity index (χ4v) is 6.52. The van der Waals surface area contributed by atoms with Gasteiger partial charge in [-0.05, 0) is 78.9 Å². The van der Waals surface area contributed by atoms with Crippen molar-refractivity contribution < 1.29 is 52.7 Å². The van der Waals surface area contributed by atoms with Crippen molar-refractivity contribution in [2.75, 3.05) is 20.4 Å². The number of nitriles is 2. The van der Waals surface area contributed by atoms with Crippen LogP contribution in [-0.2, 0) is 24.7 Å². The lowest BCUT2D eigenvalue weighted by Gasteiger charge is -2.38. The van der Waals surface area contributed by atoms with Gasteiger partial charge in [-0.3, -0.25) is 9.80 Å². The fourth-order valence-electron chi connectivity index (χ4n) is 6.52. The zero-order valence-corrected chi connectivity index (χ0v) is 31.4. The first-order valence-electron chi connectivity index (χ1n) is 17.9. The lowest BCUT2D eigenvalue weighted by atomic mass is 10.1. The lowest BCUT2D eigenvalue weighted by Crippen LogP contribution is -2.46. The first-order chi connectivity index (χ1) is 30.1. The van der Waals surface area contributed by atoms with E-state index in [2.05, 4.69) is 35.6 Å². The SMILES string of the molecule is N#Cc1cc2c(nc1C#N)N(c1cccc(C(F)(F)F)c1)C1=NC(=C3N=C(Nc4cccc(C(F)(F)F)c4)C(Nc4cccc(C(F)(F)F)c4)=N3)N=C1N2c1cccc(C(F)(F)F)c1. The summed E-state index contributed by atoms with van der Waals surface area (Å²) in [6.45, 7) is 0. The summed E-state index contributed by atoms with van der Waals surface area (Å²) in [5.41, 5.74) is -6.71. The largest absolute Gasteiger partial charge is 0.416 e. The van der Waals surface area contributed by atoms with E-state index in [0.717, 1.165) is 64.4 Å². The number of aromatic nitrogens is 1. The molecule has 11 nitrogen and oxygen atoms in total. The quantitative estimate of drug-likeness (QED) is 0.171. The molecule has 4 heterocycles. The van der Waals surface area contributed by atoms with E-state index in [4.69, 9.17) is 0 Å². The molecule has 0 atom stereocenters. The van der Waals surface area contributed by atoms with Crippen molar-refractivity contribution in [3.63, 3.8) is 0 Å². The van der Waals surface area contributed by atoms with E-state index in [0.29, 0.717) is 24.3 Å². The summed E-state index contributed by atoms with van der Waals surface area (Å²) in [6.07, 6.45) is -19.4. The third-order valence-electron chi connectivity index (χ3n) is 9.34. The number of alkyl halides is 12. The molecule has 0 saturated carbocycles.